The summed E-state index contributed by atoms with van der Waals surface area (Å²) in [5.41, 5.74) is 7.49. The maximum atomic E-state index is 9.69. The molecule has 0 saturated heterocycles. The highest BCUT2D eigenvalue weighted by atomic mass is 79.9. The zero-order valence-electron chi connectivity index (χ0n) is 12.4. The van der Waals surface area contributed by atoms with Crippen molar-refractivity contribution in [3.8, 4) is 11.5 Å². The van der Waals surface area contributed by atoms with Gasteiger partial charge in [0.2, 0.25) is 0 Å². The molecule has 0 spiro atoms. The van der Waals surface area contributed by atoms with Crippen LogP contribution in [-0.4, -0.2) is 23.6 Å². The Morgan fingerprint density at radius 3 is 2.74 bits per heavy atom. The molecule has 0 bridgehead atoms. The highest BCUT2D eigenvalue weighted by molar-refractivity contribution is 9.10. The second kappa shape index (κ2) is 8.59. The molecule has 0 aromatic heterocycles. The SMILES string of the molecule is COc1ccc(CS/C(N)=N/N=C/c2cc(Br)ccc2O)cc1. The van der Waals surface area contributed by atoms with Crippen LogP contribution >= 0.6 is 27.7 Å². The molecule has 0 atom stereocenters. The van der Waals surface area contributed by atoms with E-state index in [2.05, 4.69) is 26.1 Å². The normalized spacial score (nSPS) is 11.8. The molecule has 0 aliphatic heterocycles. The zero-order chi connectivity index (χ0) is 16.7. The second-order valence-electron chi connectivity index (χ2n) is 4.52. The van der Waals surface area contributed by atoms with Crippen LogP contribution in [0, 0.1) is 0 Å². The third-order valence-corrected chi connectivity index (χ3v) is 4.24. The van der Waals surface area contributed by atoms with Crippen LogP contribution in [0.15, 0.2) is 57.1 Å². The van der Waals surface area contributed by atoms with Crippen LogP contribution in [0.1, 0.15) is 11.1 Å². The van der Waals surface area contributed by atoms with E-state index in [1.54, 1.807) is 25.3 Å². The Balaban J connectivity index is 1.91. The van der Waals surface area contributed by atoms with E-state index in [0.29, 0.717) is 16.5 Å². The van der Waals surface area contributed by atoms with Crippen molar-refractivity contribution in [2.75, 3.05) is 7.11 Å². The van der Waals surface area contributed by atoms with Crippen molar-refractivity contribution in [1.82, 2.24) is 0 Å². The highest BCUT2D eigenvalue weighted by Gasteiger charge is 2.00. The Kier molecular flexibility index (Phi) is 6.49. The van der Waals surface area contributed by atoms with E-state index in [1.807, 2.05) is 24.3 Å². The van der Waals surface area contributed by atoms with Crippen molar-refractivity contribution >= 4 is 39.1 Å². The summed E-state index contributed by atoms with van der Waals surface area (Å²) in [6.45, 7) is 0. The van der Waals surface area contributed by atoms with Crippen LogP contribution in [0.2, 0.25) is 0 Å². The van der Waals surface area contributed by atoms with Crippen molar-refractivity contribution in [2.24, 2.45) is 15.9 Å². The number of nitrogens with two attached hydrogens (primary N) is 1. The van der Waals surface area contributed by atoms with Gasteiger partial charge in [0.25, 0.3) is 0 Å². The van der Waals surface area contributed by atoms with Crippen LogP contribution in [0.4, 0.5) is 0 Å². The van der Waals surface area contributed by atoms with Gasteiger partial charge in [-0.15, -0.1) is 5.10 Å². The van der Waals surface area contributed by atoms with Crippen molar-refractivity contribution in [3.05, 3.63) is 58.1 Å². The first-order chi connectivity index (χ1) is 11.1. The number of thioether (sulfide) groups is 1. The monoisotopic (exact) mass is 393 g/mol. The van der Waals surface area contributed by atoms with Crippen molar-refractivity contribution in [3.63, 3.8) is 0 Å². The molecule has 3 N–H and O–H groups in total. The van der Waals surface area contributed by atoms with E-state index in [0.717, 1.165) is 15.8 Å². The Labute approximate surface area is 147 Å². The van der Waals surface area contributed by atoms with Gasteiger partial charge in [-0.1, -0.05) is 39.8 Å². The maximum absolute atomic E-state index is 9.69. The standard InChI is InChI=1S/C16H16BrN3O2S/c1-22-14-5-2-11(3-6-14)10-23-16(18)20-19-9-12-8-13(17)4-7-15(12)21/h2-9,21H,10H2,1H3,(H2,18,20)/b19-9+. The molecule has 2 aromatic carbocycles. The second-order valence-corrected chi connectivity index (χ2v) is 6.43. The largest absolute Gasteiger partial charge is 0.507 e. The van der Waals surface area contributed by atoms with Crippen LogP contribution < -0.4 is 10.5 Å². The van der Waals surface area contributed by atoms with Crippen LogP contribution in [0.25, 0.3) is 0 Å². The fourth-order valence-electron chi connectivity index (χ4n) is 1.68. The third kappa shape index (κ3) is 5.61. The molecule has 0 amide bonds. The van der Waals surface area contributed by atoms with Gasteiger partial charge >= 0.3 is 0 Å². The minimum atomic E-state index is 0.136. The molecular weight excluding hydrogens is 378 g/mol. The van der Waals surface area contributed by atoms with Crippen molar-refractivity contribution in [2.45, 2.75) is 5.75 Å². The Morgan fingerprint density at radius 2 is 2.04 bits per heavy atom. The zero-order valence-corrected chi connectivity index (χ0v) is 14.8. The molecule has 23 heavy (non-hydrogen) atoms. The number of halogens is 1. The fraction of sp³-hybridized carbons (Fsp3) is 0.125. The summed E-state index contributed by atoms with van der Waals surface area (Å²) in [4.78, 5) is 0. The summed E-state index contributed by atoms with van der Waals surface area (Å²) in [6.07, 6.45) is 1.46. The lowest BCUT2D eigenvalue weighted by Crippen LogP contribution is -2.06. The molecule has 120 valence electrons. The van der Waals surface area contributed by atoms with Gasteiger partial charge < -0.3 is 15.6 Å². The predicted octanol–water partition coefficient (Wildman–Crippen LogP) is 3.75. The smallest absolute Gasteiger partial charge is 0.180 e. The number of aromatic hydroxyl groups is 1. The number of phenolic OH excluding ortho intramolecular Hbond substituents is 1. The summed E-state index contributed by atoms with van der Waals surface area (Å²) in [7, 11) is 1.63. The number of ether oxygens (including phenoxy) is 1. The van der Waals surface area contributed by atoms with E-state index in [4.69, 9.17) is 10.5 Å². The molecule has 0 unspecified atom stereocenters. The summed E-state index contributed by atoms with van der Waals surface area (Å²) in [5, 5.41) is 17.9. The Hall–Kier alpha value is -1.99. The summed E-state index contributed by atoms with van der Waals surface area (Å²) in [6, 6.07) is 12.8. The number of rotatable bonds is 5. The average Bonchev–Trinajstić information content (AvgIpc) is 2.56. The Bertz CT molecular complexity index is 718. The number of hydrogen-bond acceptors (Lipinski definition) is 5. The molecule has 2 rings (SSSR count). The molecule has 0 aliphatic carbocycles. The predicted molar refractivity (Wildman–Crippen MR) is 99.3 cm³/mol. The first-order valence-corrected chi connectivity index (χ1v) is 8.47. The van der Waals surface area contributed by atoms with E-state index in [1.165, 1.54) is 18.0 Å². The minimum absolute atomic E-state index is 0.136. The van der Waals surface area contributed by atoms with Crippen LogP contribution in [0.5, 0.6) is 11.5 Å². The van der Waals surface area contributed by atoms with Crippen molar-refractivity contribution in [1.29, 1.82) is 0 Å². The van der Waals surface area contributed by atoms with E-state index in [-0.39, 0.29) is 5.75 Å². The molecule has 0 fully saturated rings. The van der Waals surface area contributed by atoms with Gasteiger partial charge in [-0.25, -0.2) is 0 Å². The first-order valence-electron chi connectivity index (χ1n) is 6.69. The lowest BCUT2D eigenvalue weighted by molar-refractivity contribution is 0.414. The van der Waals surface area contributed by atoms with Gasteiger partial charge in [-0.2, -0.15) is 5.10 Å². The number of benzene rings is 2. The molecule has 7 heteroatoms. The Morgan fingerprint density at radius 1 is 1.30 bits per heavy atom. The minimum Gasteiger partial charge on any atom is -0.507 e. The number of nitrogens with zero attached hydrogens (tertiary/aromatic N) is 2. The van der Waals surface area contributed by atoms with E-state index >= 15 is 0 Å². The lowest BCUT2D eigenvalue weighted by atomic mass is 10.2. The van der Waals surface area contributed by atoms with Crippen LogP contribution in [0.3, 0.4) is 0 Å². The van der Waals surface area contributed by atoms with Gasteiger partial charge in [-0.05, 0) is 35.9 Å². The number of hydrogen-bond donors (Lipinski definition) is 2. The van der Waals surface area contributed by atoms with Gasteiger partial charge in [-0.3, -0.25) is 0 Å². The first kappa shape index (κ1) is 17.4. The van der Waals surface area contributed by atoms with E-state index < -0.39 is 0 Å². The highest BCUT2D eigenvalue weighted by Crippen LogP contribution is 2.20. The van der Waals surface area contributed by atoms with Crippen molar-refractivity contribution < 1.29 is 9.84 Å². The van der Waals surface area contributed by atoms with E-state index in [9.17, 15) is 5.11 Å². The number of amidine groups is 1. The molecular formula is C16H16BrN3O2S. The van der Waals surface area contributed by atoms with Gasteiger partial charge in [0.1, 0.15) is 11.5 Å². The summed E-state index contributed by atoms with van der Waals surface area (Å²) >= 11 is 4.72. The molecule has 5 nitrogen and oxygen atoms in total. The molecule has 0 heterocycles. The number of methoxy groups -OCH3 is 1. The molecule has 0 radical (unpaired) electrons. The maximum Gasteiger partial charge on any atom is 0.180 e. The van der Waals surface area contributed by atoms with Gasteiger partial charge in [0.05, 0.1) is 13.3 Å². The summed E-state index contributed by atoms with van der Waals surface area (Å²) in [5.74, 6) is 1.65. The quantitative estimate of drug-likeness (QED) is 0.460. The lowest BCUT2D eigenvalue weighted by Gasteiger charge is -2.02. The summed E-state index contributed by atoms with van der Waals surface area (Å²) < 4.78 is 5.96. The molecule has 0 aliphatic rings. The average molecular weight is 394 g/mol. The van der Waals surface area contributed by atoms with Gasteiger partial charge in [0, 0.05) is 15.8 Å². The topological polar surface area (TPSA) is 80.2 Å². The molecule has 0 saturated carbocycles. The van der Waals surface area contributed by atoms with Gasteiger partial charge in [0.15, 0.2) is 5.17 Å². The number of phenols is 1. The third-order valence-electron chi connectivity index (χ3n) is 2.89. The molecule has 2 aromatic rings. The van der Waals surface area contributed by atoms with Crippen LogP contribution in [-0.2, 0) is 5.75 Å². The fourth-order valence-corrected chi connectivity index (χ4v) is 2.68.